The van der Waals surface area contributed by atoms with Crippen molar-refractivity contribution in [3.05, 3.63) is 64.5 Å². The molecular weight excluding hydrogens is 344 g/mol. The lowest BCUT2D eigenvalue weighted by molar-refractivity contribution is -0.116. The zero-order valence-corrected chi connectivity index (χ0v) is 15.3. The Bertz CT molecular complexity index is 956. The van der Waals surface area contributed by atoms with Crippen LogP contribution in [-0.2, 0) is 4.79 Å². The molecule has 0 aliphatic heterocycles. The van der Waals surface area contributed by atoms with Crippen molar-refractivity contribution in [2.24, 2.45) is 0 Å². The van der Waals surface area contributed by atoms with E-state index in [0.717, 1.165) is 22.0 Å². The molecule has 0 radical (unpaired) electrons. The summed E-state index contributed by atoms with van der Waals surface area (Å²) in [6.07, 6.45) is 0. The quantitative estimate of drug-likeness (QED) is 0.704. The van der Waals surface area contributed by atoms with Crippen molar-refractivity contribution in [2.75, 3.05) is 10.6 Å². The molecule has 3 rings (SSSR count). The predicted molar refractivity (Wildman–Crippen MR) is 105 cm³/mol. The van der Waals surface area contributed by atoms with Crippen LogP contribution < -0.4 is 10.6 Å². The predicted octanol–water partition coefficient (Wildman–Crippen LogP) is 4.43. The second kappa shape index (κ2) is 7.81. The molecular formula is C20H18N4OS. The molecule has 0 bridgehead atoms. The molecule has 0 unspecified atom stereocenters. The van der Waals surface area contributed by atoms with Gasteiger partial charge in [0.15, 0.2) is 0 Å². The Morgan fingerprint density at radius 3 is 2.58 bits per heavy atom. The van der Waals surface area contributed by atoms with Crippen LogP contribution in [0, 0.1) is 18.3 Å². The van der Waals surface area contributed by atoms with Gasteiger partial charge >= 0.3 is 0 Å². The summed E-state index contributed by atoms with van der Waals surface area (Å²) in [4.78, 5) is 16.9. The summed E-state index contributed by atoms with van der Waals surface area (Å²) in [7, 11) is 0. The van der Waals surface area contributed by atoms with E-state index in [1.807, 2.05) is 36.6 Å². The van der Waals surface area contributed by atoms with E-state index in [1.165, 1.54) is 0 Å². The number of benzene rings is 2. The number of amides is 1. The number of hydrogen-bond acceptors (Lipinski definition) is 5. The number of carbonyl (C=O) groups is 1. The molecule has 2 aromatic carbocycles. The fraction of sp³-hybridized carbons (Fsp3) is 0.150. The van der Waals surface area contributed by atoms with Gasteiger partial charge in [-0.05, 0) is 38.1 Å². The number of carbonyl (C=O) groups excluding carboxylic acids is 1. The minimum atomic E-state index is -0.450. The molecule has 3 aromatic rings. The summed E-state index contributed by atoms with van der Waals surface area (Å²) in [5.74, 6) is -0.202. The van der Waals surface area contributed by atoms with Crippen LogP contribution in [-0.4, -0.2) is 16.9 Å². The summed E-state index contributed by atoms with van der Waals surface area (Å²) >= 11 is 1.62. The Balaban J connectivity index is 1.65. The number of nitrogens with zero attached hydrogens (tertiary/aromatic N) is 2. The normalized spacial score (nSPS) is 11.4. The Kier molecular flexibility index (Phi) is 5.30. The van der Waals surface area contributed by atoms with E-state index in [0.29, 0.717) is 11.3 Å². The van der Waals surface area contributed by atoms with Gasteiger partial charge in [0.2, 0.25) is 5.91 Å². The first-order chi connectivity index (χ1) is 12.6. The van der Waals surface area contributed by atoms with E-state index >= 15 is 0 Å². The molecule has 26 heavy (non-hydrogen) atoms. The highest BCUT2D eigenvalue weighted by molar-refractivity contribution is 7.09. The molecule has 0 saturated heterocycles. The summed E-state index contributed by atoms with van der Waals surface area (Å²) in [5, 5.41) is 18.1. The minimum absolute atomic E-state index is 0.202. The molecule has 1 atom stereocenters. The summed E-state index contributed by atoms with van der Waals surface area (Å²) < 4.78 is 0. The van der Waals surface area contributed by atoms with Crippen LogP contribution in [0.15, 0.2) is 53.9 Å². The molecule has 1 heterocycles. The SMILES string of the molecule is Cc1nc(-c2ccc(N[C@@H](C)C(=O)Nc3ccccc3C#N)cc2)cs1. The maximum Gasteiger partial charge on any atom is 0.246 e. The van der Waals surface area contributed by atoms with Gasteiger partial charge in [0.25, 0.3) is 0 Å². The largest absolute Gasteiger partial charge is 0.374 e. The number of aryl methyl sites for hydroxylation is 1. The highest BCUT2D eigenvalue weighted by atomic mass is 32.1. The van der Waals surface area contributed by atoms with Gasteiger partial charge in [0, 0.05) is 16.6 Å². The third-order valence-electron chi connectivity index (χ3n) is 3.88. The Morgan fingerprint density at radius 1 is 1.19 bits per heavy atom. The van der Waals surface area contributed by atoms with Crippen LogP contribution in [0.4, 0.5) is 11.4 Å². The summed E-state index contributed by atoms with van der Waals surface area (Å²) in [6.45, 7) is 3.76. The van der Waals surface area contributed by atoms with E-state index in [9.17, 15) is 4.79 Å². The van der Waals surface area contributed by atoms with Gasteiger partial charge in [-0.25, -0.2) is 4.98 Å². The first kappa shape index (κ1) is 17.6. The number of aromatic nitrogens is 1. The van der Waals surface area contributed by atoms with Gasteiger partial charge in [-0.2, -0.15) is 5.26 Å². The van der Waals surface area contributed by atoms with Crippen molar-refractivity contribution in [3.8, 4) is 17.3 Å². The van der Waals surface area contributed by atoms with Crippen molar-refractivity contribution in [2.45, 2.75) is 19.9 Å². The van der Waals surface area contributed by atoms with Gasteiger partial charge in [-0.3, -0.25) is 4.79 Å². The highest BCUT2D eigenvalue weighted by Gasteiger charge is 2.14. The first-order valence-electron chi connectivity index (χ1n) is 8.16. The van der Waals surface area contributed by atoms with Crippen LogP contribution in [0.5, 0.6) is 0 Å². The number of thiazole rings is 1. The van der Waals surface area contributed by atoms with Gasteiger partial charge < -0.3 is 10.6 Å². The highest BCUT2D eigenvalue weighted by Crippen LogP contribution is 2.23. The van der Waals surface area contributed by atoms with Crippen LogP contribution >= 0.6 is 11.3 Å². The minimum Gasteiger partial charge on any atom is -0.374 e. The van der Waals surface area contributed by atoms with Gasteiger partial charge in [0.1, 0.15) is 12.1 Å². The van der Waals surface area contributed by atoms with Crippen molar-refractivity contribution in [1.82, 2.24) is 4.98 Å². The van der Waals surface area contributed by atoms with Crippen LogP contribution in [0.3, 0.4) is 0 Å². The van der Waals surface area contributed by atoms with Crippen molar-refractivity contribution in [3.63, 3.8) is 0 Å². The second-order valence-electron chi connectivity index (χ2n) is 5.84. The number of para-hydroxylation sites is 1. The molecule has 0 spiro atoms. The van der Waals surface area contributed by atoms with E-state index < -0.39 is 6.04 Å². The molecule has 1 aromatic heterocycles. The number of nitriles is 1. The maximum atomic E-state index is 12.4. The lowest BCUT2D eigenvalue weighted by atomic mass is 10.1. The molecule has 0 saturated carbocycles. The molecule has 0 fully saturated rings. The Labute approximate surface area is 156 Å². The number of rotatable bonds is 5. The van der Waals surface area contributed by atoms with Crippen LogP contribution in [0.25, 0.3) is 11.3 Å². The smallest absolute Gasteiger partial charge is 0.246 e. The molecule has 1 amide bonds. The fourth-order valence-corrected chi connectivity index (χ4v) is 3.10. The number of hydrogen-bond donors (Lipinski definition) is 2. The third-order valence-corrected chi connectivity index (χ3v) is 4.66. The lowest BCUT2D eigenvalue weighted by Gasteiger charge is -2.16. The second-order valence-corrected chi connectivity index (χ2v) is 6.90. The van der Waals surface area contributed by atoms with Gasteiger partial charge in [0.05, 0.1) is 22.0 Å². The van der Waals surface area contributed by atoms with Crippen molar-refractivity contribution in [1.29, 1.82) is 5.26 Å². The Morgan fingerprint density at radius 2 is 1.92 bits per heavy atom. The van der Waals surface area contributed by atoms with Crippen molar-refractivity contribution >= 4 is 28.6 Å². The zero-order valence-electron chi connectivity index (χ0n) is 14.5. The molecule has 5 nitrogen and oxygen atoms in total. The molecule has 130 valence electrons. The molecule has 6 heteroatoms. The van der Waals surface area contributed by atoms with Crippen LogP contribution in [0.2, 0.25) is 0 Å². The molecule has 0 aliphatic rings. The Hall–Kier alpha value is -3.17. The average Bonchev–Trinajstić information content (AvgIpc) is 3.09. The average molecular weight is 362 g/mol. The van der Waals surface area contributed by atoms with Gasteiger partial charge in [-0.1, -0.05) is 24.3 Å². The van der Waals surface area contributed by atoms with Crippen molar-refractivity contribution < 1.29 is 4.79 Å². The van der Waals surface area contributed by atoms with Gasteiger partial charge in [-0.15, -0.1) is 11.3 Å². The van der Waals surface area contributed by atoms with Crippen LogP contribution in [0.1, 0.15) is 17.5 Å². The molecule has 2 N–H and O–H groups in total. The first-order valence-corrected chi connectivity index (χ1v) is 9.04. The topological polar surface area (TPSA) is 77.8 Å². The maximum absolute atomic E-state index is 12.4. The molecule has 0 aliphatic carbocycles. The van der Waals surface area contributed by atoms with E-state index in [1.54, 1.807) is 42.5 Å². The number of nitrogens with one attached hydrogen (secondary N) is 2. The lowest BCUT2D eigenvalue weighted by Crippen LogP contribution is -2.32. The van der Waals surface area contributed by atoms with E-state index in [4.69, 9.17) is 5.26 Å². The number of anilines is 2. The standard InChI is InChI=1S/C20H18N4OS/c1-13(20(25)24-18-6-4-3-5-16(18)11-21)22-17-9-7-15(8-10-17)19-12-26-14(2)23-19/h3-10,12-13,22H,1-2H3,(H,24,25)/t13-/m0/s1. The van der Waals surface area contributed by atoms with E-state index in [2.05, 4.69) is 21.7 Å². The fourth-order valence-electron chi connectivity index (χ4n) is 2.48. The van der Waals surface area contributed by atoms with E-state index in [-0.39, 0.29) is 5.91 Å². The summed E-state index contributed by atoms with van der Waals surface area (Å²) in [5.41, 5.74) is 3.80. The monoisotopic (exact) mass is 362 g/mol. The summed E-state index contributed by atoms with van der Waals surface area (Å²) in [6, 6.07) is 16.4. The zero-order chi connectivity index (χ0) is 18.5. The third kappa shape index (κ3) is 4.08.